The Morgan fingerprint density at radius 1 is 1.19 bits per heavy atom. The van der Waals surface area contributed by atoms with Crippen molar-refractivity contribution in [2.24, 2.45) is 0 Å². The van der Waals surface area contributed by atoms with Gasteiger partial charge >= 0.3 is 0 Å². The Morgan fingerprint density at radius 2 is 1.81 bits per heavy atom. The summed E-state index contributed by atoms with van der Waals surface area (Å²) in [5.41, 5.74) is -0.0809. The fourth-order valence-electron chi connectivity index (χ4n) is 0.995. The molecular weight excluding hydrogens is 222 g/mol. The molecular formula is C10H17N5S. The van der Waals surface area contributed by atoms with E-state index >= 15 is 0 Å². The maximum absolute atomic E-state index is 4.27. The smallest absolute Gasteiger partial charge is 0.232 e. The van der Waals surface area contributed by atoms with Gasteiger partial charge in [0.2, 0.25) is 11.9 Å². The average Bonchev–Trinajstić information content (AvgIpc) is 2.15. The van der Waals surface area contributed by atoms with Crippen LogP contribution in [0.5, 0.6) is 0 Å². The van der Waals surface area contributed by atoms with Gasteiger partial charge < -0.3 is 10.6 Å². The fraction of sp³-hybridized carbons (Fsp3) is 0.500. The van der Waals surface area contributed by atoms with E-state index < -0.39 is 0 Å². The van der Waals surface area contributed by atoms with Gasteiger partial charge in [0, 0.05) is 5.54 Å². The minimum atomic E-state index is -0.0809. The first-order chi connectivity index (χ1) is 7.44. The zero-order chi connectivity index (χ0) is 12.2. The Morgan fingerprint density at radius 3 is 2.31 bits per heavy atom. The second kappa shape index (κ2) is 5.16. The van der Waals surface area contributed by atoms with Crippen LogP contribution in [0.2, 0.25) is 0 Å². The van der Waals surface area contributed by atoms with E-state index in [0.717, 1.165) is 0 Å². The Bertz CT molecular complexity index is 372. The molecule has 1 aromatic heterocycles. The summed E-state index contributed by atoms with van der Waals surface area (Å²) in [6.07, 6.45) is 3.47. The first kappa shape index (κ1) is 12.8. The number of hydrogen-bond acceptors (Lipinski definition) is 6. The highest BCUT2D eigenvalue weighted by molar-refractivity contribution is 7.98. The Labute approximate surface area is 100 Å². The predicted molar refractivity (Wildman–Crippen MR) is 68.8 cm³/mol. The molecule has 0 bridgehead atoms. The maximum atomic E-state index is 4.27. The van der Waals surface area contributed by atoms with E-state index in [1.807, 2.05) is 6.26 Å². The van der Waals surface area contributed by atoms with Gasteiger partial charge in [-0.25, -0.2) is 0 Å². The van der Waals surface area contributed by atoms with Crippen LogP contribution >= 0.6 is 11.8 Å². The summed E-state index contributed by atoms with van der Waals surface area (Å²) in [5, 5.41) is 6.73. The minimum Gasteiger partial charge on any atom is -0.349 e. The molecule has 0 spiro atoms. The van der Waals surface area contributed by atoms with Crippen molar-refractivity contribution < 1.29 is 0 Å². The number of thioether (sulfide) groups is 1. The van der Waals surface area contributed by atoms with Crippen LogP contribution in [-0.4, -0.2) is 26.7 Å². The van der Waals surface area contributed by atoms with Crippen LogP contribution in [0, 0.1) is 0 Å². The third-order valence-electron chi connectivity index (χ3n) is 1.52. The van der Waals surface area contributed by atoms with Gasteiger partial charge in [-0.3, -0.25) is 0 Å². The Kier molecular flexibility index (Phi) is 4.12. The van der Waals surface area contributed by atoms with Gasteiger partial charge in [-0.1, -0.05) is 18.3 Å². The highest BCUT2D eigenvalue weighted by Gasteiger charge is 2.13. The first-order valence-electron chi connectivity index (χ1n) is 4.90. The highest BCUT2D eigenvalue weighted by atomic mass is 32.2. The van der Waals surface area contributed by atoms with Gasteiger partial charge in [0.05, 0.1) is 0 Å². The fourth-order valence-corrected chi connectivity index (χ4v) is 1.35. The normalized spacial score (nSPS) is 11.0. The molecule has 0 aliphatic carbocycles. The topological polar surface area (TPSA) is 62.7 Å². The van der Waals surface area contributed by atoms with E-state index in [4.69, 9.17) is 0 Å². The van der Waals surface area contributed by atoms with Crippen molar-refractivity contribution in [3.8, 4) is 0 Å². The average molecular weight is 239 g/mol. The molecule has 0 aliphatic rings. The molecule has 0 fully saturated rings. The van der Waals surface area contributed by atoms with Gasteiger partial charge in [-0.15, -0.1) is 0 Å². The molecule has 1 heterocycles. The molecule has 88 valence electrons. The molecule has 2 N–H and O–H groups in total. The lowest BCUT2D eigenvalue weighted by atomic mass is 10.1. The molecule has 5 nitrogen and oxygen atoms in total. The molecule has 0 amide bonds. The summed E-state index contributed by atoms with van der Waals surface area (Å²) in [4.78, 5) is 12.7. The van der Waals surface area contributed by atoms with Crippen molar-refractivity contribution in [1.82, 2.24) is 15.0 Å². The van der Waals surface area contributed by atoms with Gasteiger partial charge in [0.1, 0.15) is 0 Å². The third-order valence-corrected chi connectivity index (χ3v) is 2.06. The zero-order valence-corrected chi connectivity index (χ0v) is 10.9. The second-order valence-corrected chi connectivity index (χ2v) is 4.97. The van der Waals surface area contributed by atoms with Crippen LogP contribution in [0.15, 0.2) is 17.9 Å². The second-order valence-electron chi connectivity index (χ2n) is 4.19. The highest BCUT2D eigenvalue weighted by Crippen LogP contribution is 2.16. The van der Waals surface area contributed by atoms with Crippen molar-refractivity contribution in [1.29, 1.82) is 0 Å². The van der Waals surface area contributed by atoms with Crippen LogP contribution in [0.3, 0.4) is 0 Å². The lowest BCUT2D eigenvalue weighted by Gasteiger charge is -2.20. The zero-order valence-electron chi connectivity index (χ0n) is 10.0. The van der Waals surface area contributed by atoms with Crippen molar-refractivity contribution in [2.75, 3.05) is 16.9 Å². The number of nitrogens with one attached hydrogen (secondary N) is 2. The molecule has 0 aromatic carbocycles. The summed E-state index contributed by atoms with van der Waals surface area (Å²) in [5.74, 6) is 1.07. The minimum absolute atomic E-state index is 0.0809. The molecule has 0 unspecified atom stereocenters. The molecule has 0 atom stereocenters. The van der Waals surface area contributed by atoms with Crippen molar-refractivity contribution >= 4 is 23.7 Å². The SMILES string of the molecule is C=CNc1nc(NC(C)(C)C)nc(SC)n1. The van der Waals surface area contributed by atoms with Crippen LogP contribution in [0.4, 0.5) is 11.9 Å². The molecule has 1 rings (SSSR count). The van der Waals surface area contributed by atoms with E-state index in [0.29, 0.717) is 17.1 Å². The van der Waals surface area contributed by atoms with Gasteiger partial charge in [-0.05, 0) is 33.2 Å². The number of rotatable bonds is 4. The molecule has 0 radical (unpaired) electrons. The summed E-state index contributed by atoms with van der Waals surface area (Å²) in [6.45, 7) is 9.73. The van der Waals surface area contributed by atoms with Crippen LogP contribution in [0.25, 0.3) is 0 Å². The van der Waals surface area contributed by atoms with Gasteiger partial charge in [-0.2, -0.15) is 15.0 Å². The monoisotopic (exact) mass is 239 g/mol. The molecule has 0 saturated heterocycles. The Hall–Kier alpha value is -1.30. The van der Waals surface area contributed by atoms with Crippen molar-refractivity contribution in [2.45, 2.75) is 31.5 Å². The molecule has 0 aliphatic heterocycles. The van der Waals surface area contributed by atoms with Crippen LogP contribution < -0.4 is 10.6 Å². The number of nitrogens with zero attached hydrogens (tertiary/aromatic N) is 3. The number of anilines is 2. The van der Waals surface area contributed by atoms with Crippen molar-refractivity contribution in [3.63, 3.8) is 0 Å². The van der Waals surface area contributed by atoms with Crippen molar-refractivity contribution in [3.05, 3.63) is 12.8 Å². The van der Waals surface area contributed by atoms with Gasteiger partial charge in [0.25, 0.3) is 0 Å². The van der Waals surface area contributed by atoms with E-state index in [1.165, 1.54) is 11.8 Å². The lowest BCUT2D eigenvalue weighted by molar-refractivity contribution is 0.622. The van der Waals surface area contributed by atoms with Gasteiger partial charge in [0.15, 0.2) is 5.16 Å². The molecule has 1 aromatic rings. The van der Waals surface area contributed by atoms with Crippen LogP contribution in [0.1, 0.15) is 20.8 Å². The van der Waals surface area contributed by atoms with E-state index in [-0.39, 0.29) is 5.54 Å². The third kappa shape index (κ3) is 4.06. The van der Waals surface area contributed by atoms with E-state index in [1.54, 1.807) is 6.20 Å². The Balaban J connectivity index is 2.99. The largest absolute Gasteiger partial charge is 0.349 e. The summed E-state index contributed by atoms with van der Waals surface area (Å²) in [7, 11) is 0. The summed E-state index contributed by atoms with van der Waals surface area (Å²) in [6, 6.07) is 0. The number of aromatic nitrogens is 3. The molecule has 6 heteroatoms. The van der Waals surface area contributed by atoms with E-state index in [2.05, 4.69) is 52.9 Å². The standard InChI is InChI=1S/C10H17N5S/c1-6-11-7-12-8(15-10(2,3)4)14-9(13-7)16-5/h6H,1H2,2-5H3,(H2,11,12,13,14,15). The molecule has 16 heavy (non-hydrogen) atoms. The molecule has 0 saturated carbocycles. The predicted octanol–water partition coefficient (Wildman–Crippen LogP) is 2.36. The quantitative estimate of drug-likeness (QED) is 0.786. The first-order valence-corrected chi connectivity index (χ1v) is 6.13. The summed E-state index contributed by atoms with van der Waals surface area (Å²) >= 11 is 1.47. The maximum Gasteiger partial charge on any atom is 0.232 e. The van der Waals surface area contributed by atoms with E-state index in [9.17, 15) is 0 Å². The lowest BCUT2D eigenvalue weighted by Crippen LogP contribution is -2.27. The summed E-state index contributed by atoms with van der Waals surface area (Å²) < 4.78 is 0. The van der Waals surface area contributed by atoms with Crippen LogP contribution in [-0.2, 0) is 0 Å². The number of hydrogen-bond donors (Lipinski definition) is 2.